The smallest absolute Gasteiger partial charge is 0.186 e. The second kappa shape index (κ2) is 22.3. The maximum atomic E-state index is 12.5. The third-order valence-electron chi connectivity index (χ3n) is 23.3. The van der Waals surface area contributed by atoms with E-state index in [0.29, 0.717) is 25.7 Å². The van der Waals surface area contributed by atoms with Crippen molar-refractivity contribution in [1.82, 2.24) is 0 Å². The molecule has 8 nitrogen and oxygen atoms in total. The van der Waals surface area contributed by atoms with E-state index in [1.165, 1.54) is 0 Å². The number of benzene rings is 8. The summed E-state index contributed by atoms with van der Waals surface area (Å²) in [7, 11) is 0. The molecule has 8 aliphatic carbocycles. The van der Waals surface area contributed by atoms with Gasteiger partial charge in [0.05, 0.1) is 48.6 Å². The summed E-state index contributed by atoms with van der Waals surface area (Å²) in [6.45, 7) is 25.4. The molecule has 0 aromatic heterocycles. The Balaban J connectivity index is 0.00000193. The summed E-state index contributed by atoms with van der Waals surface area (Å²) >= 11 is 14.4. The van der Waals surface area contributed by atoms with Crippen LogP contribution in [0.3, 0.4) is 0 Å². The van der Waals surface area contributed by atoms with Crippen LogP contribution in [-0.2, 0) is 12.8 Å². The van der Waals surface area contributed by atoms with Crippen LogP contribution < -0.4 is 0 Å². The zero-order chi connectivity index (χ0) is 68.5. The summed E-state index contributed by atoms with van der Waals surface area (Å²) in [5.74, 6) is -6.34. The Bertz CT molecular complexity index is 4880. The van der Waals surface area contributed by atoms with Gasteiger partial charge in [0, 0.05) is 47.3 Å². The van der Waals surface area contributed by atoms with Crippen LogP contribution >= 0.6 is 34.8 Å². The van der Waals surface area contributed by atoms with Gasteiger partial charge in [-0.15, -0.1) is 0 Å². The van der Waals surface area contributed by atoms with Crippen molar-refractivity contribution < 1.29 is 0 Å². The topological polar surface area (TPSA) is 190 Å². The van der Waals surface area contributed by atoms with Crippen molar-refractivity contribution in [2.45, 2.75) is 160 Å². The predicted molar refractivity (Wildman–Crippen MR) is 379 cm³/mol. The standard InChI is InChI=1S/C84H68N8.CHCl3/c1-13-53-57-29-58-54(14-2)71-75-66(50-23-43(7)18-44(8)24-50)62(58)31-61(57)65(49-21-41(5)17-42(6)22-49)73-69(53)77-70-55(15-3)59-30-60-56(16-4)72-76(80(75)84(39-91,40-92)82(35-87,36-88)78(71)72)68(52-27-47(11)20-48(12)28-52)64(60)32-63(59)67(51-25-45(9)19-46(10)26-51)74(70)79(73)83(37-89,38-90)81(77,33-85)34-86;2-1(3)4/h17-32,53,56,65,68,77-80H,13-16H2,1-12H3;1H/t53-,56-,65-,68-,77+,78-,79-,80+;/m1./s1. The van der Waals surface area contributed by atoms with Crippen LogP contribution in [0.2, 0.25) is 0 Å². The van der Waals surface area contributed by atoms with Crippen LogP contribution in [0.1, 0.15) is 199 Å². The highest BCUT2D eigenvalue weighted by Crippen LogP contribution is 2.79. The van der Waals surface area contributed by atoms with Crippen LogP contribution in [0.15, 0.2) is 119 Å². The van der Waals surface area contributed by atoms with Crippen molar-refractivity contribution in [2.75, 3.05) is 0 Å². The van der Waals surface area contributed by atoms with Crippen molar-refractivity contribution in [3.8, 4) is 70.8 Å². The van der Waals surface area contributed by atoms with Gasteiger partial charge in [-0.05, 0) is 227 Å². The van der Waals surface area contributed by atoms with Gasteiger partial charge in [0.1, 0.15) is 0 Å². The molecule has 0 fully saturated rings. The van der Waals surface area contributed by atoms with Gasteiger partial charge in [-0.2, -0.15) is 42.1 Å². The summed E-state index contributed by atoms with van der Waals surface area (Å²) in [5, 5.41) is 103. The van der Waals surface area contributed by atoms with Crippen molar-refractivity contribution in [3.63, 3.8) is 0 Å². The third-order valence-corrected chi connectivity index (χ3v) is 23.3. The van der Waals surface area contributed by atoms with Crippen LogP contribution in [0.5, 0.6) is 0 Å². The number of hydrogen-bond donors (Lipinski definition) is 0. The number of nitriles is 8. The Morgan fingerprint density at radius 2 is 0.583 bits per heavy atom. The molecule has 0 spiro atoms. The van der Waals surface area contributed by atoms with E-state index in [0.717, 1.165) is 177 Å². The Morgan fingerprint density at radius 3 is 0.833 bits per heavy atom. The molecule has 8 atom stereocenters. The molecule has 0 N–H and O–H groups in total. The van der Waals surface area contributed by atoms with E-state index >= 15 is 0 Å². The van der Waals surface area contributed by atoms with E-state index in [4.69, 9.17) is 34.8 Å². The molecule has 0 saturated carbocycles. The number of rotatable bonds is 8. The zero-order valence-electron chi connectivity index (χ0n) is 56.0. The van der Waals surface area contributed by atoms with Gasteiger partial charge in [-0.25, -0.2) is 0 Å². The fourth-order valence-corrected chi connectivity index (χ4v) is 20.8. The van der Waals surface area contributed by atoms with Crippen LogP contribution in [0.4, 0.5) is 0 Å². The number of hydrogen-bond acceptors (Lipinski definition) is 8. The number of allylic oxidation sites excluding steroid dienone is 4. The number of halogens is 3. The van der Waals surface area contributed by atoms with Gasteiger partial charge < -0.3 is 0 Å². The van der Waals surface area contributed by atoms with E-state index < -0.39 is 73.3 Å². The molecule has 96 heavy (non-hydrogen) atoms. The summed E-state index contributed by atoms with van der Waals surface area (Å²) < 4.78 is -0.750. The van der Waals surface area contributed by atoms with E-state index in [9.17, 15) is 42.1 Å². The molecule has 0 aliphatic heterocycles. The van der Waals surface area contributed by atoms with E-state index in [1.807, 2.05) is 0 Å². The lowest BCUT2D eigenvalue weighted by Gasteiger charge is -2.60. The first-order valence-electron chi connectivity index (χ1n) is 33.4. The minimum absolute atomic E-state index is 0.424. The normalized spacial score (nSPS) is 22.8. The Labute approximate surface area is 578 Å². The lowest BCUT2D eigenvalue weighted by molar-refractivity contribution is 0.178. The maximum absolute atomic E-state index is 12.5. The maximum Gasteiger partial charge on any atom is 0.186 e. The first-order valence-corrected chi connectivity index (χ1v) is 34.7. The number of nitrogens with zero attached hydrogens (tertiary/aromatic N) is 8. The average molecular weight is 1310 g/mol. The van der Waals surface area contributed by atoms with Gasteiger partial charge in [0.15, 0.2) is 26.0 Å². The second-order valence-corrected chi connectivity index (χ2v) is 30.4. The molecular weight excluding hydrogens is 1240 g/mol. The van der Waals surface area contributed by atoms with Crippen molar-refractivity contribution in [3.05, 3.63) is 231 Å². The molecular formula is C85H69Cl3N8. The molecule has 11 heteroatoms. The van der Waals surface area contributed by atoms with Gasteiger partial charge in [0.2, 0.25) is 0 Å². The monoisotopic (exact) mass is 1310 g/mol. The van der Waals surface area contributed by atoms with Gasteiger partial charge in [-0.1, -0.05) is 191 Å². The van der Waals surface area contributed by atoms with Crippen LogP contribution in [-0.4, -0.2) is 4.30 Å². The molecule has 16 rings (SSSR count). The SMILES string of the molecule is CCc1c2c3c(-c4cc(C)cc(C)c4)c4cc5c(cc14)[C@@H](CC)C1=C([C@@H]5c4cc(C)cc(C)c4)[C@@H]4c5c(c(CC)c6cc7c(cc6c5-c5cc(C)cc(C)c5)[C@@H](c5cc(C)cc(C)c5)C5=C([C@@H]7CC)[C@@H]2C(C#N)(C#N)C(C#N)(C#N)[C@H]53)[C@H]1C(C#N)(C#N)C4(C#N)C#N.ClC(Cl)Cl. The molecule has 0 heterocycles. The van der Waals surface area contributed by atoms with Crippen LogP contribution in [0.25, 0.3) is 43.8 Å². The first-order chi connectivity index (χ1) is 46.0. The average Bonchev–Trinajstić information content (AvgIpc) is 0.650. The fraction of sp³-hybridized carbons (Fsp3) is 0.341. The largest absolute Gasteiger partial charge is 0.196 e. The summed E-state index contributed by atoms with van der Waals surface area (Å²) in [6, 6.07) is 56.7. The molecule has 8 aromatic rings. The number of aryl methyl sites for hydroxylation is 10. The lowest BCUT2D eigenvalue weighted by atomic mass is 9.37. The molecule has 8 aliphatic rings. The number of alkyl halides is 3. The van der Waals surface area contributed by atoms with Crippen LogP contribution in [0, 0.1) is 168 Å². The summed E-state index contributed by atoms with van der Waals surface area (Å²) in [4.78, 5) is 0. The summed E-state index contributed by atoms with van der Waals surface area (Å²) in [5.41, 5.74) is 17.7. The highest BCUT2D eigenvalue weighted by atomic mass is 35.6. The van der Waals surface area contributed by atoms with Gasteiger partial charge in [0.25, 0.3) is 0 Å². The van der Waals surface area contributed by atoms with Crippen molar-refractivity contribution in [1.29, 1.82) is 42.1 Å². The summed E-state index contributed by atoms with van der Waals surface area (Å²) in [6.07, 6.45) is 2.06. The lowest BCUT2D eigenvalue weighted by Crippen LogP contribution is -2.57. The Morgan fingerprint density at radius 1 is 0.333 bits per heavy atom. The molecule has 470 valence electrons. The van der Waals surface area contributed by atoms with Crippen molar-refractivity contribution >= 4 is 56.3 Å². The van der Waals surface area contributed by atoms with Gasteiger partial charge >= 0.3 is 0 Å². The molecule has 0 amide bonds. The molecule has 8 aromatic carbocycles. The quantitative estimate of drug-likeness (QED) is 0.106. The highest BCUT2D eigenvalue weighted by Gasteiger charge is 2.76. The highest BCUT2D eigenvalue weighted by molar-refractivity contribution is 6.63. The third kappa shape index (κ3) is 7.95. The molecule has 4 bridgehead atoms. The fourth-order valence-electron chi connectivity index (χ4n) is 20.8. The van der Waals surface area contributed by atoms with E-state index in [1.54, 1.807) is 0 Å². The number of fused-ring (bicyclic) bond motifs is 6. The Kier molecular flexibility index (Phi) is 14.9. The van der Waals surface area contributed by atoms with Gasteiger partial charge in [-0.3, -0.25) is 0 Å². The van der Waals surface area contributed by atoms with E-state index in [-0.39, 0.29) is 0 Å². The minimum Gasteiger partial charge on any atom is -0.196 e. The van der Waals surface area contributed by atoms with E-state index in [2.05, 4.69) is 229 Å². The molecule has 0 radical (unpaired) electrons. The first kappa shape index (κ1) is 63.9. The Hall–Kier alpha value is -9.45. The second-order valence-electron chi connectivity index (χ2n) is 28.4. The minimum atomic E-state index is -2.23. The molecule has 0 unspecified atom stereocenters. The zero-order valence-corrected chi connectivity index (χ0v) is 58.2. The predicted octanol–water partition coefficient (Wildman–Crippen LogP) is 21.0. The van der Waals surface area contributed by atoms with Crippen molar-refractivity contribution in [2.24, 2.45) is 21.7 Å². The molecule has 0 saturated heterocycles.